The molecule has 2 heterocycles. The molecule has 1 aromatic rings. The molecule has 1 aliphatic rings. The van der Waals surface area contributed by atoms with Crippen molar-refractivity contribution in [1.29, 1.82) is 0 Å². The Morgan fingerprint density at radius 2 is 2.05 bits per heavy atom. The van der Waals surface area contributed by atoms with Crippen LogP contribution in [-0.2, 0) is 16.6 Å². The third kappa shape index (κ3) is 3.47. The summed E-state index contributed by atoms with van der Waals surface area (Å²) in [5.74, 6) is -0.529. The van der Waals surface area contributed by atoms with Gasteiger partial charge in [0.15, 0.2) is 0 Å². The second-order valence-electron chi connectivity index (χ2n) is 6.17. The summed E-state index contributed by atoms with van der Waals surface area (Å²) in [4.78, 5) is 25.7. The van der Waals surface area contributed by atoms with E-state index in [0.29, 0.717) is 6.54 Å². The highest BCUT2D eigenvalue weighted by molar-refractivity contribution is 5.93. The lowest BCUT2D eigenvalue weighted by molar-refractivity contribution is -0.126. The fourth-order valence-electron chi connectivity index (χ4n) is 2.95. The van der Waals surface area contributed by atoms with E-state index in [2.05, 4.69) is 17.3 Å². The highest BCUT2D eigenvalue weighted by atomic mass is 16.2. The molecule has 0 aromatic carbocycles. The van der Waals surface area contributed by atoms with Gasteiger partial charge in [0.25, 0.3) is 0 Å². The molecular weight excluding hydrogens is 282 g/mol. The van der Waals surface area contributed by atoms with Gasteiger partial charge in [0.1, 0.15) is 0 Å². The number of piperidine rings is 1. The molecule has 2 rings (SSSR count). The van der Waals surface area contributed by atoms with Gasteiger partial charge in [-0.25, -0.2) is 0 Å². The molecule has 1 aliphatic heterocycles. The maximum Gasteiger partial charge on any atom is 0.238 e. The zero-order valence-corrected chi connectivity index (χ0v) is 13.7. The van der Waals surface area contributed by atoms with Crippen LogP contribution < -0.4 is 11.1 Å². The largest absolute Gasteiger partial charge is 0.369 e. The summed E-state index contributed by atoms with van der Waals surface area (Å²) in [7, 11) is 1.85. The van der Waals surface area contributed by atoms with Crippen molar-refractivity contribution in [3.05, 3.63) is 11.4 Å². The zero-order valence-electron chi connectivity index (χ0n) is 13.7. The number of hydrogen-bond acceptors (Lipinski definition) is 4. The van der Waals surface area contributed by atoms with Gasteiger partial charge in [0.05, 0.1) is 29.5 Å². The molecule has 22 heavy (non-hydrogen) atoms. The van der Waals surface area contributed by atoms with Gasteiger partial charge >= 0.3 is 0 Å². The number of likely N-dealkylation sites (tertiary alicyclic amines) is 1. The minimum absolute atomic E-state index is 0.0869. The van der Waals surface area contributed by atoms with Crippen molar-refractivity contribution in [3.8, 4) is 0 Å². The predicted molar refractivity (Wildman–Crippen MR) is 84.3 cm³/mol. The van der Waals surface area contributed by atoms with Crippen molar-refractivity contribution in [3.63, 3.8) is 0 Å². The number of carbonyl (C=O) groups is 2. The Morgan fingerprint density at radius 1 is 1.36 bits per heavy atom. The van der Waals surface area contributed by atoms with Crippen molar-refractivity contribution < 1.29 is 9.59 Å². The van der Waals surface area contributed by atoms with Crippen LogP contribution in [0.15, 0.2) is 0 Å². The number of hydrogen-bond donors (Lipinski definition) is 2. The fourth-order valence-corrected chi connectivity index (χ4v) is 2.95. The molecule has 0 aliphatic carbocycles. The van der Waals surface area contributed by atoms with Crippen molar-refractivity contribution in [2.75, 3.05) is 18.4 Å². The normalized spacial score (nSPS) is 22.5. The van der Waals surface area contributed by atoms with Gasteiger partial charge in [0, 0.05) is 19.6 Å². The Balaban J connectivity index is 2.00. The molecule has 0 saturated carbocycles. The van der Waals surface area contributed by atoms with Crippen molar-refractivity contribution in [1.82, 2.24) is 14.7 Å². The Hall–Kier alpha value is -1.89. The van der Waals surface area contributed by atoms with Gasteiger partial charge in [-0.05, 0) is 33.6 Å². The third-order valence-electron chi connectivity index (χ3n) is 4.53. The Morgan fingerprint density at radius 3 is 2.59 bits per heavy atom. The second kappa shape index (κ2) is 6.48. The number of aromatic nitrogens is 2. The number of anilines is 1. The first-order chi connectivity index (χ1) is 10.3. The Labute approximate surface area is 130 Å². The molecular formula is C15H25N5O2. The highest BCUT2D eigenvalue weighted by Gasteiger charge is 2.29. The topological polar surface area (TPSA) is 93.2 Å². The quantitative estimate of drug-likeness (QED) is 0.850. The molecule has 122 valence electrons. The van der Waals surface area contributed by atoms with Gasteiger partial charge in [-0.3, -0.25) is 19.2 Å². The van der Waals surface area contributed by atoms with E-state index in [9.17, 15) is 9.59 Å². The highest BCUT2D eigenvalue weighted by Crippen LogP contribution is 2.22. The van der Waals surface area contributed by atoms with Crippen molar-refractivity contribution in [2.45, 2.75) is 39.7 Å². The number of primary amides is 1. The fraction of sp³-hybridized carbons (Fsp3) is 0.667. The van der Waals surface area contributed by atoms with E-state index in [-0.39, 0.29) is 30.3 Å². The molecule has 2 atom stereocenters. The number of rotatable bonds is 4. The van der Waals surface area contributed by atoms with Crippen LogP contribution in [0.5, 0.6) is 0 Å². The van der Waals surface area contributed by atoms with Crippen LogP contribution in [0.1, 0.15) is 31.2 Å². The first-order valence-electron chi connectivity index (χ1n) is 7.63. The summed E-state index contributed by atoms with van der Waals surface area (Å²) in [5, 5.41) is 7.22. The van der Waals surface area contributed by atoms with E-state index in [0.717, 1.165) is 29.9 Å². The van der Waals surface area contributed by atoms with Crippen LogP contribution in [0.25, 0.3) is 0 Å². The number of nitrogens with two attached hydrogens (primary N) is 1. The van der Waals surface area contributed by atoms with Gasteiger partial charge in [-0.15, -0.1) is 0 Å². The molecule has 7 nitrogen and oxygen atoms in total. The van der Waals surface area contributed by atoms with Gasteiger partial charge < -0.3 is 11.1 Å². The van der Waals surface area contributed by atoms with E-state index in [1.54, 1.807) is 4.68 Å². The molecule has 0 bridgehead atoms. The summed E-state index contributed by atoms with van der Waals surface area (Å²) < 4.78 is 1.75. The molecule has 3 N–H and O–H groups in total. The summed E-state index contributed by atoms with van der Waals surface area (Å²) in [6.45, 7) is 6.68. The standard InChI is InChI=1S/C15H25N5O2/c1-9-5-6-12(15(16)22)7-20(9)8-13(21)17-14-10(2)18-19(4)11(14)3/h9,12H,5-8H2,1-4H3,(H2,16,22)(H,17,21)/t9-,12+/m1/s1. The predicted octanol–water partition coefficient (Wildman–Crippen LogP) is 0.561. The molecule has 0 unspecified atom stereocenters. The first-order valence-corrected chi connectivity index (χ1v) is 7.63. The monoisotopic (exact) mass is 307 g/mol. The van der Waals surface area contributed by atoms with E-state index in [1.807, 2.05) is 25.8 Å². The van der Waals surface area contributed by atoms with Crippen LogP contribution in [0.3, 0.4) is 0 Å². The van der Waals surface area contributed by atoms with Gasteiger partial charge in [-0.1, -0.05) is 0 Å². The minimum Gasteiger partial charge on any atom is -0.369 e. The first kappa shape index (κ1) is 16.5. The lowest BCUT2D eigenvalue weighted by Gasteiger charge is -2.36. The minimum atomic E-state index is -0.281. The smallest absolute Gasteiger partial charge is 0.238 e. The molecule has 1 aromatic heterocycles. The number of nitrogens with one attached hydrogen (secondary N) is 1. The summed E-state index contributed by atoms with van der Waals surface area (Å²) >= 11 is 0. The van der Waals surface area contributed by atoms with Crippen LogP contribution in [-0.4, -0.2) is 45.6 Å². The van der Waals surface area contributed by atoms with Crippen molar-refractivity contribution in [2.24, 2.45) is 18.7 Å². The Kier molecular flexibility index (Phi) is 4.85. The second-order valence-corrected chi connectivity index (χ2v) is 6.17. The number of carbonyl (C=O) groups excluding carboxylic acids is 2. The molecule has 7 heteroatoms. The third-order valence-corrected chi connectivity index (χ3v) is 4.53. The van der Waals surface area contributed by atoms with Gasteiger partial charge in [-0.2, -0.15) is 5.10 Å². The van der Waals surface area contributed by atoms with Crippen LogP contribution >= 0.6 is 0 Å². The summed E-state index contributed by atoms with van der Waals surface area (Å²) in [6, 6.07) is 0.275. The lowest BCUT2D eigenvalue weighted by atomic mass is 9.93. The molecule has 0 spiro atoms. The molecule has 1 fully saturated rings. The van der Waals surface area contributed by atoms with Crippen LogP contribution in [0, 0.1) is 19.8 Å². The lowest BCUT2D eigenvalue weighted by Crippen LogP contribution is -2.48. The maximum atomic E-state index is 12.3. The SMILES string of the molecule is Cc1nn(C)c(C)c1NC(=O)CN1C[C@@H](C(N)=O)CC[C@H]1C. The average Bonchev–Trinajstić information content (AvgIpc) is 2.67. The van der Waals surface area contributed by atoms with Crippen molar-refractivity contribution >= 4 is 17.5 Å². The van der Waals surface area contributed by atoms with Crippen LogP contribution in [0.2, 0.25) is 0 Å². The van der Waals surface area contributed by atoms with Crippen LogP contribution in [0.4, 0.5) is 5.69 Å². The molecule has 0 radical (unpaired) electrons. The molecule has 1 saturated heterocycles. The van der Waals surface area contributed by atoms with E-state index >= 15 is 0 Å². The maximum absolute atomic E-state index is 12.3. The van der Waals surface area contributed by atoms with Gasteiger partial charge in [0.2, 0.25) is 11.8 Å². The number of nitrogens with zero attached hydrogens (tertiary/aromatic N) is 3. The van der Waals surface area contributed by atoms with E-state index < -0.39 is 0 Å². The summed E-state index contributed by atoms with van der Waals surface area (Å²) in [6.07, 6.45) is 1.68. The van der Waals surface area contributed by atoms with E-state index in [4.69, 9.17) is 5.73 Å². The number of amides is 2. The Bertz CT molecular complexity index is 581. The average molecular weight is 307 g/mol. The summed E-state index contributed by atoms with van der Waals surface area (Å²) in [5.41, 5.74) is 7.89. The molecule has 2 amide bonds. The number of aryl methyl sites for hydroxylation is 2. The van der Waals surface area contributed by atoms with E-state index in [1.165, 1.54) is 0 Å². The zero-order chi connectivity index (χ0) is 16.4.